The van der Waals surface area contributed by atoms with Crippen LogP contribution in [-0.4, -0.2) is 0 Å². The van der Waals surface area contributed by atoms with E-state index in [0.717, 1.165) is 17.1 Å². The van der Waals surface area contributed by atoms with Crippen LogP contribution in [0.1, 0.15) is 0 Å². The normalized spacial score (nSPS) is 11.8. The minimum Gasteiger partial charge on any atom is -0.310 e. The number of benzene rings is 8. The molecule has 0 bridgehead atoms. The van der Waals surface area contributed by atoms with Crippen LogP contribution in [0.4, 0.5) is 17.1 Å². The number of hydrogen-bond donors (Lipinski definition) is 0. The number of nitrogens with zero attached hydrogens (tertiary/aromatic N) is 1. The van der Waals surface area contributed by atoms with Crippen molar-refractivity contribution in [3.05, 3.63) is 176 Å². The van der Waals surface area contributed by atoms with Crippen molar-refractivity contribution in [2.45, 2.75) is 0 Å². The Morgan fingerprint density at radius 2 is 0.769 bits per heavy atom. The minimum atomic E-state index is 1.13. The topological polar surface area (TPSA) is 3.24 Å². The first-order valence-electron chi connectivity index (χ1n) is 17.5. The second-order valence-electron chi connectivity index (χ2n) is 13.4. The van der Waals surface area contributed by atoms with Crippen LogP contribution in [0.2, 0.25) is 0 Å². The van der Waals surface area contributed by atoms with E-state index >= 15 is 0 Å². The highest BCUT2D eigenvalue weighted by Crippen LogP contribution is 2.43. The summed E-state index contributed by atoms with van der Waals surface area (Å²) in [6, 6.07) is 65.0. The van der Waals surface area contributed by atoms with Crippen molar-refractivity contribution in [2.75, 3.05) is 4.90 Å². The van der Waals surface area contributed by atoms with E-state index in [9.17, 15) is 0 Å². The predicted molar refractivity (Wildman–Crippen MR) is 231 cm³/mol. The fourth-order valence-corrected chi connectivity index (χ4v) is 11.0. The van der Waals surface area contributed by atoms with Gasteiger partial charge in [0.05, 0.1) is 0 Å². The van der Waals surface area contributed by atoms with Gasteiger partial charge < -0.3 is 4.90 Å². The lowest BCUT2D eigenvalue weighted by molar-refractivity contribution is 1.30. The number of anilines is 3. The van der Waals surface area contributed by atoms with E-state index in [2.05, 4.69) is 181 Å². The molecule has 3 aromatic heterocycles. The molecule has 8 aromatic carbocycles. The SMILES string of the molecule is c1ccc(-c2ccc(-c3ccc(N(c4ccc5cc6c(cc5c4)sc4ccccc46)c4ccc5cc6c(cc5c4)sc4ccccc46)cc3)s2)cc1. The number of rotatable bonds is 5. The first kappa shape index (κ1) is 29.9. The Labute approximate surface area is 312 Å². The Morgan fingerprint density at radius 3 is 1.33 bits per heavy atom. The average Bonchev–Trinajstić information content (AvgIpc) is 3.92. The van der Waals surface area contributed by atoms with Gasteiger partial charge in [-0.05, 0) is 118 Å². The van der Waals surface area contributed by atoms with E-state index in [1.807, 2.05) is 34.0 Å². The molecule has 0 atom stereocenters. The molecule has 0 fully saturated rings. The quantitative estimate of drug-likeness (QED) is 0.171. The monoisotopic (exact) mass is 715 g/mol. The van der Waals surface area contributed by atoms with Crippen LogP contribution in [0.3, 0.4) is 0 Å². The van der Waals surface area contributed by atoms with Gasteiger partial charge in [0, 0.05) is 67.2 Å². The molecule has 0 aliphatic heterocycles. The molecule has 0 radical (unpaired) electrons. The second kappa shape index (κ2) is 11.9. The lowest BCUT2D eigenvalue weighted by Crippen LogP contribution is -2.09. The molecule has 0 spiro atoms. The standard InChI is InChI=1S/C48H29NS3/c1-2-8-30(9-3-1)43-22-23-44(50-43)31-14-18-36(19-15-31)49(37-20-16-32-26-41-39-10-4-6-12-45(39)51-47(41)28-34(32)24-37)38-21-17-33-27-42-40-11-5-7-13-46(40)52-48(42)29-35(33)25-38/h1-29H. The third-order valence-corrected chi connectivity index (χ3v) is 13.7. The first-order chi connectivity index (χ1) is 25.7. The maximum absolute atomic E-state index is 2.41. The van der Waals surface area contributed by atoms with Gasteiger partial charge in [0.25, 0.3) is 0 Å². The Balaban J connectivity index is 1.05. The molecule has 0 aliphatic carbocycles. The first-order valence-corrected chi connectivity index (χ1v) is 19.9. The molecule has 1 nitrogen and oxygen atoms in total. The summed E-state index contributed by atoms with van der Waals surface area (Å²) < 4.78 is 5.32. The van der Waals surface area contributed by atoms with Crippen molar-refractivity contribution in [1.29, 1.82) is 0 Å². The van der Waals surface area contributed by atoms with Gasteiger partial charge in [0.1, 0.15) is 0 Å². The van der Waals surface area contributed by atoms with Crippen molar-refractivity contribution in [3.63, 3.8) is 0 Å². The van der Waals surface area contributed by atoms with Gasteiger partial charge in [-0.2, -0.15) is 0 Å². The molecule has 11 rings (SSSR count). The molecule has 0 aliphatic rings. The molecule has 244 valence electrons. The van der Waals surface area contributed by atoms with E-state index in [0.29, 0.717) is 0 Å². The molecule has 11 aromatic rings. The molecule has 0 saturated carbocycles. The summed E-state index contributed by atoms with van der Waals surface area (Å²) in [5, 5.41) is 10.3. The van der Waals surface area contributed by atoms with Crippen LogP contribution in [-0.2, 0) is 0 Å². The zero-order valence-corrected chi connectivity index (χ0v) is 30.4. The van der Waals surface area contributed by atoms with E-state index in [1.54, 1.807) is 0 Å². The summed E-state index contributed by atoms with van der Waals surface area (Å²) >= 11 is 5.59. The van der Waals surface area contributed by atoms with Crippen LogP contribution in [0.25, 0.3) is 82.8 Å². The highest BCUT2D eigenvalue weighted by Gasteiger charge is 2.17. The van der Waals surface area contributed by atoms with E-state index < -0.39 is 0 Å². The molecule has 0 saturated heterocycles. The molecule has 0 unspecified atom stereocenters. The highest BCUT2D eigenvalue weighted by atomic mass is 32.1. The largest absolute Gasteiger partial charge is 0.310 e. The van der Waals surface area contributed by atoms with Crippen molar-refractivity contribution in [1.82, 2.24) is 0 Å². The summed E-state index contributed by atoms with van der Waals surface area (Å²) in [7, 11) is 0. The molecule has 3 heterocycles. The van der Waals surface area contributed by atoms with Gasteiger partial charge in [0.2, 0.25) is 0 Å². The third-order valence-electron chi connectivity index (χ3n) is 10.2. The van der Waals surface area contributed by atoms with Gasteiger partial charge in [0.15, 0.2) is 0 Å². The Morgan fingerprint density at radius 1 is 0.288 bits per heavy atom. The zero-order chi connectivity index (χ0) is 34.2. The smallest absolute Gasteiger partial charge is 0.0468 e. The molecule has 0 N–H and O–H groups in total. The average molecular weight is 716 g/mol. The van der Waals surface area contributed by atoms with Crippen molar-refractivity contribution in [2.24, 2.45) is 0 Å². The third kappa shape index (κ3) is 4.95. The van der Waals surface area contributed by atoms with Crippen molar-refractivity contribution in [3.8, 4) is 20.9 Å². The predicted octanol–water partition coefficient (Wildman–Crippen LogP) is 15.6. The Hall–Kier alpha value is -5.78. The summed E-state index contributed by atoms with van der Waals surface area (Å²) in [5.74, 6) is 0. The van der Waals surface area contributed by atoms with Crippen LogP contribution >= 0.6 is 34.0 Å². The van der Waals surface area contributed by atoms with Gasteiger partial charge in [-0.25, -0.2) is 0 Å². The summed E-state index contributed by atoms with van der Waals surface area (Å²) in [6.07, 6.45) is 0. The van der Waals surface area contributed by atoms with E-state index in [4.69, 9.17) is 0 Å². The highest BCUT2D eigenvalue weighted by molar-refractivity contribution is 7.26. The van der Waals surface area contributed by atoms with Crippen LogP contribution in [0, 0.1) is 0 Å². The maximum Gasteiger partial charge on any atom is 0.0468 e. The molecule has 0 amide bonds. The summed E-state index contributed by atoms with van der Waals surface area (Å²) in [4.78, 5) is 4.97. The fraction of sp³-hybridized carbons (Fsp3) is 0. The molecule has 52 heavy (non-hydrogen) atoms. The molecular formula is C48H29NS3. The minimum absolute atomic E-state index is 1.13. The van der Waals surface area contributed by atoms with Gasteiger partial charge >= 0.3 is 0 Å². The van der Waals surface area contributed by atoms with Gasteiger partial charge in [-0.15, -0.1) is 34.0 Å². The maximum atomic E-state index is 2.41. The van der Waals surface area contributed by atoms with E-state index in [1.165, 1.54) is 82.8 Å². The summed E-state index contributed by atoms with van der Waals surface area (Å²) in [5.41, 5.74) is 5.91. The Bertz CT molecular complexity index is 2970. The molecule has 4 heteroatoms. The lowest BCUT2D eigenvalue weighted by Gasteiger charge is -2.26. The molecular weight excluding hydrogens is 687 g/mol. The van der Waals surface area contributed by atoms with Gasteiger partial charge in [-0.1, -0.05) is 91.0 Å². The van der Waals surface area contributed by atoms with Crippen LogP contribution in [0.15, 0.2) is 176 Å². The van der Waals surface area contributed by atoms with Crippen LogP contribution < -0.4 is 4.90 Å². The number of thiophene rings is 3. The fourth-order valence-electron chi connectivity index (χ4n) is 7.66. The number of fused-ring (bicyclic) bond motifs is 8. The second-order valence-corrected chi connectivity index (χ2v) is 16.6. The van der Waals surface area contributed by atoms with Crippen LogP contribution in [0.5, 0.6) is 0 Å². The van der Waals surface area contributed by atoms with Gasteiger partial charge in [-0.3, -0.25) is 0 Å². The lowest BCUT2D eigenvalue weighted by atomic mass is 10.0. The van der Waals surface area contributed by atoms with Crippen molar-refractivity contribution < 1.29 is 0 Å². The number of hydrogen-bond acceptors (Lipinski definition) is 4. The van der Waals surface area contributed by atoms with Crippen molar-refractivity contribution >= 4 is 113 Å². The summed E-state index contributed by atoms with van der Waals surface area (Å²) in [6.45, 7) is 0. The Kier molecular flexibility index (Phi) is 6.84. The zero-order valence-electron chi connectivity index (χ0n) is 27.9. The van der Waals surface area contributed by atoms with E-state index in [-0.39, 0.29) is 0 Å².